The van der Waals surface area contributed by atoms with Crippen molar-refractivity contribution in [2.45, 2.75) is 13.3 Å². The quantitative estimate of drug-likeness (QED) is 0.379. The van der Waals surface area contributed by atoms with Crippen molar-refractivity contribution in [2.24, 2.45) is 0 Å². The molecular formula is C19H16FNO5. The van der Waals surface area contributed by atoms with Crippen molar-refractivity contribution < 1.29 is 18.5 Å². The molecule has 0 saturated heterocycles. The molecule has 0 aliphatic rings. The Balaban J connectivity index is 2.00. The molecule has 0 radical (unpaired) electrons. The van der Waals surface area contributed by atoms with Crippen LogP contribution in [0.15, 0.2) is 51.7 Å². The number of non-ortho nitro benzene ring substituents is 1. The van der Waals surface area contributed by atoms with Crippen LogP contribution in [0.25, 0.3) is 11.0 Å². The van der Waals surface area contributed by atoms with Crippen LogP contribution in [0.1, 0.15) is 16.7 Å². The third-order valence-corrected chi connectivity index (χ3v) is 4.11. The molecule has 0 atom stereocenters. The summed E-state index contributed by atoms with van der Waals surface area (Å²) in [6.07, 6.45) is 0.228. The summed E-state index contributed by atoms with van der Waals surface area (Å²) in [7, 11) is 0. The number of rotatable bonds is 6. The zero-order chi connectivity index (χ0) is 18.7. The van der Waals surface area contributed by atoms with E-state index in [1.807, 2.05) is 0 Å². The molecular weight excluding hydrogens is 341 g/mol. The number of nitro benzene ring substituents is 1. The largest absolute Gasteiger partial charge is 0.491 e. The molecule has 0 saturated carbocycles. The van der Waals surface area contributed by atoms with Crippen LogP contribution in [0.4, 0.5) is 10.1 Å². The highest BCUT2D eigenvalue weighted by Crippen LogP contribution is 2.25. The highest BCUT2D eigenvalue weighted by molar-refractivity contribution is 5.82. The Bertz CT molecular complexity index is 1030. The lowest BCUT2D eigenvalue weighted by atomic mass is 9.99. The van der Waals surface area contributed by atoms with E-state index in [4.69, 9.17) is 9.15 Å². The number of halogens is 1. The monoisotopic (exact) mass is 357 g/mol. The van der Waals surface area contributed by atoms with Crippen LogP contribution in [0, 0.1) is 17.0 Å². The van der Waals surface area contributed by atoms with Gasteiger partial charge in [-0.25, -0.2) is 9.18 Å². The van der Waals surface area contributed by atoms with Gasteiger partial charge in [-0.3, -0.25) is 10.1 Å². The number of hydrogen-bond donors (Lipinski definition) is 0. The lowest BCUT2D eigenvalue weighted by molar-refractivity contribution is -0.384. The summed E-state index contributed by atoms with van der Waals surface area (Å²) in [6, 6.07) is 11.1. The Morgan fingerprint density at radius 2 is 2.04 bits per heavy atom. The van der Waals surface area contributed by atoms with Gasteiger partial charge in [-0.15, -0.1) is 0 Å². The van der Waals surface area contributed by atoms with Crippen LogP contribution in [-0.4, -0.2) is 18.2 Å². The predicted molar refractivity (Wildman–Crippen MR) is 94.6 cm³/mol. The van der Waals surface area contributed by atoms with Gasteiger partial charge in [0.15, 0.2) is 0 Å². The van der Waals surface area contributed by atoms with Crippen molar-refractivity contribution in [3.8, 4) is 5.75 Å². The van der Waals surface area contributed by atoms with Gasteiger partial charge in [0, 0.05) is 35.6 Å². The predicted octanol–water partition coefficient (Wildman–Crippen LogP) is 3.95. The molecule has 134 valence electrons. The third-order valence-electron chi connectivity index (χ3n) is 4.11. The maximum Gasteiger partial charge on any atom is 0.340 e. The smallest absolute Gasteiger partial charge is 0.340 e. The molecule has 0 fully saturated rings. The van der Waals surface area contributed by atoms with Crippen molar-refractivity contribution in [1.29, 1.82) is 0 Å². The second-order valence-electron chi connectivity index (χ2n) is 5.79. The minimum atomic E-state index is -0.608. The van der Waals surface area contributed by atoms with Gasteiger partial charge >= 0.3 is 5.63 Å². The maximum atomic E-state index is 12.4. The third kappa shape index (κ3) is 3.56. The summed E-state index contributed by atoms with van der Waals surface area (Å²) in [6.45, 7) is 1.12. The number of nitro groups is 1. The summed E-state index contributed by atoms with van der Waals surface area (Å²) in [5.74, 6) is 0.420. The molecule has 0 aliphatic heterocycles. The number of benzene rings is 2. The van der Waals surface area contributed by atoms with Gasteiger partial charge in [0.05, 0.1) is 4.92 Å². The average Bonchev–Trinajstić information content (AvgIpc) is 2.63. The number of ether oxygens (including phenoxy) is 1. The zero-order valence-electron chi connectivity index (χ0n) is 14.0. The Hall–Kier alpha value is -3.22. The van der Waals surface area contributed by atoms with Crippen LogP contribution in [0.3, 0.4) is 0 Å². The van der Waals surface area contributed by atoms with Crippen molar-refractivity contribution in [1.82, 2.24) is 0 Å². The van der Waals surface area contributed by atoms with E-state index in [0.29, 0.717) is 22.5 Å². The molecule has 6 nitrogen and oxygen atoms in total. The Kier molecular flexibility index (Phi) is 4.97. The molecule has 1 heterocycles. The SMILES string of the molecule is Cc1c(Cc2cccc([N+](=O)[O-])c2)c(=O)oc2cc(OCCF)ccc12. The molecule has 1 aromatic heterocycles. The second kappa shape index (κ2) is 7.35. The Morgan fingerprint density at radius 3 is 2.77 bits per heavy atom. The van der Waals surface area contributed by atoms with E-state index in [1.54, 1.807) is 37.3 Å². The minimum Gasteiger partial charge on any atom is -0.491 e. The maximum absolute atomic E-state index is 12.4. The summed E-state index contributed by atoms with van der Waals surface area (Å²) in [5, 5.41) is 11.6. The topological polar surface area (TPSA) is 82.6 Å². The fourth-order valence-electron chi connectivity index (χ4n) is 2.81. The number of hydrogen-bond acceptors (Lipinski definition) is 5. The fourth-order valence-corrected chi connectivity index (χ4v) is 2.81. The first-order chi connectivity index (χ1) is 12.5. The van der Waals surface area contributed by atoms with Gasteiger partial charge in [-0.05, 0) is 30.2 Å². The standard InChI is InChI=1S/C19H16FNO5/c1-12-16-6-5-15(25-8-7-20)11-18(16)26-19(22)17(12)10-13-3-2-4-14(9-13)21(23)24/h2-6,9,11H,7-8,10H2,1H3. The Morgan fingerprint density at radius 1 is 1.23 bits per heavy atom. The van der Waals surface area contributed by atoms with Crippen LogP contribution in [-0.2, 0) is 6.42 Å². The zero-order valence-corrected chi connectivity index (χ0v) is 14.0. The molecule has 3 aromatic rings. The number of aryl methyl sites for hydroxylation is 1. The van der Waals surface area contributed by atoms with Gasteiger partial charge in [-0.2, -0.15) is 0 Å². The van der Waals surface area contributed by atoms with Gasteiger partial charge in [0.2, 0.25) is 0 Å². The molecule has 26 heavy (non-hydrogen) atoms. The van der Waals surface area contributed by atoms with Crippen molar-refractivity contribution in [3.63, 3.8) is 0 Å². The van der Waals surface area contributed by atoms with Gasteiger partial charge in [-0.1, -0.05) is 12.1 Å². The lowest BCUT2D eigenvalue weighted by Crippen LogP contribution is -2.11. The lowest BCUT2D eigenvalue weighted by Gasteiger charge is -2.09. The van der Waals surface area contributed by atoms with Gasteiger partial charge in [0.1, 0.15) is 24.6 Å². The summed E-state index contributed by atoms with van der Waals surface area (Å²) >= 11 is 0. The van der Waals surface area contributed by atoms with Crippen LogP contribution < -0.4 is 10.4 Å². The van der Waals surface area contributed by atoms with Crippen LogP contribution >= 0.6 is 0 Å². The first kappa shape index (κ1) is 17.6. The molecule has 0 unspecified atom stereocenters. The normalized spacial score (nSPS) is 10.8. The van der Waals surface area contributed by atoms with E-state index in [2.05, 4.69) is 0 Å². The van der Waals surface area contributed by atoms with E-state index < -0.39 is 17.2 Å². The molecule has 0 amide bonds. The van der Waals surface area contributed by atoms with Crippen LogP contribution in [0.5, 0.6) is 5.75 Å². The molecule has 0 aliphatic carbocycles. The summed E-state index contributed by atoms with van der Waals surface area (Å²) in [5.41, 5.74) is 1.64. The number of alkyl halides is 1. The molecule has 0 N–H and O–H groups in total. The second-order valence-corrected chi connectivity index (χ2v) is 5.79. The number of fused-ring (bicyclic) bond motifs is 1. The molecule has 0 bridgehead atoms. The first-order valence-electron chi connectivity index (χ1n) is 7.98. The van der Waals surface area contributed by atoms with Crippen molar-refractivity contribution in [2.75, 3.05) is 13.3 Å². The van der Waals surface area contributed by atoms with E-state index in [1.165, 1.54) is 12.1 Å². The van der Waals surface area contributed by atoms with E-state index in [0.717, 1.165) is 10.9 Å². The summed E-state index contributed by atoms with van der Waals surface area (Å²) < 4.78 is 22.8. The average molecular weight is 357 g/mol. The molecule has 2 aromatic carbocycles. The first-order valence-corrected chi connectivity index (χ1v) is 7.98. The minimum absolute atomic E-state index is 0.0278. The molecule has 3 rings (SSSR count). The van der Waals surface area contributed by atoms with Gasteiger partial charge in [0.25, 0.3) is 5.69 Å². The molecule has 7 heteroatoms. The van der Waals surface area contributed by atoms with Crippen molar-refractivity contribution in [3.05, 3.63) is 79.7 Å². The van der Waals surface area contributed by atoms with Crippen molar-refractivity contribution >= 4 is 16.7 Å². The highest BCUT2D eigenvalue weighted by Gasteiger charge is 2.14. The van der Waals surface area contributed by atoms with E-state index in [-0.39, 0.29) is 18.7 Å². The van der Waals surface area contributed by atoms with Gasteiger partial charge < -0.3 is 9.15 Å². The highest BCUT2D eigenvalue weighted by atomic mass is 19.1. The van der Waals surface area contributed by atoms with E-state index in [9.17, 15) is 19.3 Å². The fraction of sp³-hybridized carbons (Fsp3) is 0.211. The summed E-state index contributed by atoms with van der Waals surface area (Å²) in [4.78, 5) is 22.8. The Labute approximate surface area is 148 Å². The number of nitrogens with zero attached hydrogens (tertiary/aromatic N) is 1. The van der Waals surface area contributed by atoms with Crippen LogP contribution in [0.2, 0.25) is 0 Å². The molecule has 0 spiro atoms. The van der Waals surface area contributed by atoms with E-state index >= 15 is 0 Å².